The number of methoxy groups -OCH3 is 1. The van der Waals surface area contributed by atoms with E-state index in [0.717, 1.165) is 7.11 Å². The van der Waals surface area contributed by atoms with Crippen molar-refractivity contribution in [2.24, 2.45) is 5.92 Å². The fourth-order valence-corrected chi connectivity index (χ4v) is 2.20. The lowest BCUT2D eigenvalue weighted by Gasteiger charge is -2.43. The highest BCUT2D eigenvalue weighted by Crippen LogP contribution is 2.34. The summed E-state index contributed by atoms with van der Waals surface area (Å²) < 4.78 is 9.63. The number of rotatable bonds is 4. The van der Waals surface area contributed by atoms with E-state index in [4.69, 9.17) is 4.74 Å². The molecule has 1 rings (SSSR count). The van der Waals surface area contributed by atoms with E-state index in [2.05, 4.69) is 4.74 Å². The van der Waals surface area contributed by atoms with Crippen LogP contribution in [0.1, 0.15) is 26.7 Å². The molecule has 0 spiro atoms. The number of carbonyl (C=O) groups is 1. The molecule has 0 radical (unpaired) electrons. The molecule has 19 heavy (non-hydrogen) atoms. The molecule has 0 aromatic carbocycles. The Balaban J connectivity index is 2.94. The Morgan fingerprint density at radius 2 is 2.11 bits per heavy atom. The summed E-state index contributed by atoms with van der Waals surface area (Å²) in [7, 11) is 1.08. The highest BCUT2D eigenvalue weighted by molar-refractivity contribution is 5.77. The Bertz CT molecular complexity index is 321. The molecule has 0 aliphatic carbocycles. The van der Waals surface area contributed by atoms with Crippen LogP contribution in [0, 0.1) is 5.92 Å². The monoisotopic (exact) mass is 278 g/mol. The predicted octanol–water partition coefficient (Wildman–Crippen LogP) is -1.23. The van der Waals surface area contributed by atoms with E-state index in [1.807, 2.05) is 0 Å². The van der Waals surface area contributed by atoms with Gasteiger partial charge in [-0.15, -0.1) is 0 Å². The third-order valence-electron chi connectivity index (χ3n) is 3.60. The van der Waals surface area contributed by atoms with Gasteiger partial charge < -0.3 is 29.9 Å². The van der Waals surface area contributed by atoms with Crippen LogP contribution in [0.5, 0.6) is 0 Å². The van der Waals surface area contributed by atoms with Crippen LogP contribution in [-0.4, -0.2) is 63.7 Å². The van der Waals surface area contributed by atoms with Gasteiger partial charge in [0.05, 0.1) is 25.4 Å². The first-order valence-corrected chi connectivity index (χ1v) is 6.29. The smallest absolute Gasteiger partial charge is 0.366 e. The average molecular weight is 278 g/mol. The molecule has 0 bridgehead atoms. The number of ether oxygens (including phenoxy) is 2. The number of esters is 1. The zero-order valence-electron chi connectivity index (χ0n) is 11.3. The van der Waals surface area contributed by atoms with Gasteiger partial charge in [-0.05, 0) is 6.42 Å². The van der Waals surface area contributed by atoms with E-state index < -0.39 is 42.1 Å². The number of hydrogen-bond acceptors (Lipinski definition) is 7. The van der Waals surface area contributed by atoms with Gasteiger partial charge >= 0.3 is 5.97 Å². The molecular formula is C12H22O7. The predicted molar refractivity (Wildman–Crippen MR) is 63.9 cm³/mol. The zero-order chi connectivity index (χ0) is 14.8. The van der Waals surface area contributed by atoms with Gasteiger partial charge in [0.2, 0.25) is 0 Å². The molecule has 1 aliphatic heterocycles. The van der Waals surface area contributed by atoms with Crippen molar-refractivity contribution in [2.75, 3.05) is 7.11 Å². The summed E-state index contributed by atoms with van der Waals surface area (Å²) in [6.45, 7) is 3.28. The molecule has 112 valence electrons. The Kier molecular flexibility index (Phi) is 5.28. The van der Waals surface area contributed by atoms with E-state index in [0.29, 0.717) is 0 Å². The summed E-state index contributed by atoms with van der Waals surface area (Å²) in [4.78, 5) is 11.5. The van der Waals surface area contributed by atoms with E-state index in [1.165, 1.54) is 0 Å². The second kappa shape index (κ2) is 6.15. The van der Waals surface area contributed by atoms with Gasteiger partial charge in [0.15, 0.2) is 0 Å². The van der Waals surface area contributed by atoms with Crippen molar-refractivity contribution in [1.29, 1.82) is 0 Å². The molecule has 7 heteroatoms. The van der Waals surface area contributed by atoms with E-state index in [9.17, 15) is 25.2 Å². The Morgan fingerprint density at radius 3 is 2.58 bits per heavy atom. The van der Waals surface area contributed by atoms with Gasteiger partial charge in [0.25, 0.3) is 5.79 Å². The first-order valence-electron chi connectivity index (χ1n) is 6.29. The molecule has 4 N–H and O–H groups in total. The molecule has 7 nitrogen and oxygen atoms in total. The van der Waals surface area contributed by atoms with Gasteiger partial charge in [-0.1, -0.05) is 13.8 Å². The Morgan fingerprint density at radius 1 is 1.53 bits per heavy atom. The first-order chi connectivity index (χ1) is 8.76. The maximum Gasteiger partial charge on any atom is 0.366 e. The quantitative estimate of drug-likeness (QED) is 0.475. The minimum Gasteiger partial charge on any atom is -0.465 e. The molecule has 6 atom stereocenters. The van der Waals surface area contributed by atoms with Crippen LogP contribution in [-0.2, 0) is 14.3 Å². The lowest BCUT2D eigenvalue weighted by Crippen LogP contribution is -2.60. The summed E-state index contributed by atoms with van der Waals surface area (Å²) in [5.41, 5.74) is 0. The number of hydrogen-bond donors (Lipinski definition) is 4. The van der Waals surface area contributed by atoms with Crippen LogP contribution >= 0.6 is 0 Å². The zero-order valence-corrected chi connectivity index (χ0v) is 11.3. The van der Waals surface area contributed by atoms with Crippen molar-refractivity contribution < 1.29 is 34.7 Å². The third-order valence-corrected chi connectivity index (χ3v) is 3.60. The minimum absolute atomic E-state index is 0.278. The number of aliphatic hydroxyl groups excluding tert-OH is 3. The molecule has 1 fully saturated rings. The van der Waals surface area contributed by atoms with Crippen LogP contribution in [0.4, 0.5) is 0 Å². The van der Waals surface area contributed by atoms with Gasteiger partial charge in [-0.25, -0.2) is 4.79 Å². The van der Waals surface area contributed by atoms with Crippen LogP contribution in [0.25, 0.3) is 0 Å². The van der Waals surface area contributed by atoms with E-state index in [-0.39, 0.29) is 12.8 Å². The molecule has 0 saturated carbocycles. The normalized spacial score (nSPS) is 38.6. The van der Waals surface area contributed by atoms with Gasteiger partial charge in [-0.3, -0.25) is 0 Å². The van der Waals surface area contributed by atoms with Gasteiger partial charge in [-0.2, -0.15) is 0 Å². The van der Waals surface area contributed by atoms with Crippen LogP contribution in [0.3, 0.4) is 0 Å². The minimum atomic E-state index is -2.31. The van der Waals surface area contributed by atoms with Crippen LogP contribution < -0.4 is 0 Å². The lowest BCUT2D eigenvalue weighted by molar-refractivity contribution is -0.302. The molecule has 0 aromatic heterocycles. The summed E-state index contributed by atoms with van der Waals surface area (Å²) in [5.74, 6) is -3.89. The molecule has 0 amide bonds. The van der Waals surface area contributed by atoms with Gasteiger partial charge in [0, 0.05) is 12.3 Å². The molecular weight excluding hydrogens is 256 g/mol. The Hall–Kier alpha value is -0.730. The summed E-state index contributed by atoms with van der Waals surface area (Å²) in [6, 6.07) is 0. The van der Waals surface area contributed by atoms with Crippen molar-refractivity contribution in [2.45, 2.75) is 56.9 Å². The highest BCUT2D eigenvalue weighted by Gasteiger charge is 2.52. The first kappa shape index (κ1) is 16.3. The van der Waals surface area contributed by atoms with Crippen LogP contribution in [0.15, 0.2) is 0 Å². The number of aliphatic hydroxyl groups is 4. The number of carbonyl (C=O) groups excluding carboxylic acids is 1. The van der Waals surface area contributed by atoms with Gasteiger partial charge in [0.1, 0.15) is 6.10 Å². The Labute approximate surface area is 111 Å². The van der Waals surface area contributed by atoms with Crippen molar-refractivity contribution >= 4 is 5.97 Å². The fourth-order valence-electron chi connectivity index (χ4n) is 2.20. The molecule has 1 saturated heterocycles. The topological polar surface area (TPSA) is 116 Å². The van der Waals surface area contributed by atoms with E-state index in [1.54, 1.807) is 13.8 Å². The van der Waals surface area contributed by atoms with E-state index >= 15 is 0 Å². The molecule has 1 heterocycles. The standard InChI is InChI=1S/C12H22O7/c1-4-7(13)9(15)10-6(2)8(14)5-12(17,19-10)11(16)18-3/h6-10,13-15,17H,4-5H2,1-3H3/t6-,7-,8-,9-,10?,12?/m1/s1. The third kappa shape index (κ3) is 3.24. The second-order valence-electron chi connectivity index (χ2n) is 4.96. The molecule has 0 aromatic rings. The SMILES string of the molecule is CC[C@@H](O)[C@@H](O)C1OC(O)(C(=O)OC)C[C@@H](O)[C@H]1C. The van der Waals surface area contributed by atoms with Crippen molar-refractivity contribution in [3.63, 3.8) is 0 Å². The summed E-state index contributed by atoms with van der Waals surface area (Å²) in [5, 5.41) is 39.6. The average Bonchev–Trinajstić information content (AvgIpc) is 2.40. The largest absolute Gasteiger partial charge is 0.465 e. The van der Waals surface area contributed by atoms with Crippen LogP contribution in [0.2, 0.25) is 0 Å². The summed E-state index contributed by atoms with van der Waals surface area (Å²) in [6.07, 6.45) is -4.57. The van der Waals surface area contributed by atoms with Crippen molar-refractivity contribution in [1.82, 2.24) is 0 Å². The highest BCUT2D eigenvalue weighted by atomic mass is 16.7. The second-order valence-corrected chi connectivity index (χ2v) is 4.96. The maximum absolute atomic E-state index is 11.5. The fraction of sp³-hybridized carbons (Fsp3) is 0.917. The van der Waals surface area contributed by atoms with Crippen molar-refractivity contribution in [3.05, 3.63) is 0 Å². The molecule has 2 unspecified atom stereocenters. The lowest BCUT2D eigenvalue weighted by atomic mass is 9.84. The van der Waals surface area contributed by atoms with Crippen molar-refractivity contribution in [3.8, 4) is 0 Å². The maximum atomic E-state index is 11.5. The summed E-state index contributed by atoms with van der Waals surface area (Å²) >= 11 is 0. The molecule has 1 aliphatic rings.